The van der Waals surface area contributed by atoms with E-state index in [0.717, 1.165) is 6.42 Å². The van der Waals surface area contributed by atoms with Crippen molar-refractivity contribution < 1.29 is 9.90 Å². The number of aromatic hydroxyl groups is 1. The molecule has 0 aliphatic heterocycles. The lowest BCUT2D eigenvalue weighted by Crippen LogP contribution is -2.38. The van der Waals surface area contributed by atoms with Gasteiger partial charge in [0, 0.05) is 20.1 Å². The maximum atomic E-state index is 12.2. The van der Waals surface area contributed by atoms with E-state index in [1.54, 1.807) is 0 Å². The number of hydrogen-bond acceptors (Lipinski definition) is 7. The smallest absolute Gasteiger partial charge is 0.257 e. The molecule has 26 heavy (non-hydrogen) atoms. The van der Waals surface area contributed by atoms with Crippen LogP contribution in [0, 0.1) is 11.3 Å². The van der Waals surface area contributed by atoms with Crippen molar-refractivity contribution in [2.75, 3.05) is 24.7 Å². The number of phenols is 1. The molecular weight excluding hydrogens is 336 g/mol. The monoisotopic (exact) mass is 356 g/mol. The first kappa shape index (κ1) is 19.0. The topological polar surface area (TPSA) is 123 Å². The minimum atomic E-state index is -0.724. The summed E-state index contributed by atoms with van der Waals surface area (Å²) in [6.45, 7) is 3.79. The molecule has 1 amide bonds. The molecule has 2 aromatic carbocycles. The van der Waals surface area contributed by atoms with Gasteiger partial charge in [0.05, 0.1) is 22.9 Å². The number of nitriles is 1. The van der Waals surface area contributed by atoms with E-state index in [-0.39, 0.29) is 34.2 Å². The molecule has 8 heteroatoms. The number of hydrogen-bond donors (Lipinski definition) is 3. The number of phenolic OH excluding ortho intramolecular Hbond substituents is 1. The second-order valence-corrected chi connectivity index (χ2v) is 6.22. The van der Waals surface area contributed by atoms with Crippen molar-refractivity contribution in [3.8, 4) is 11.8 Å². The minimum absolute atomic E-state index is 0.00365. The normalized spacial score (nSPS) is 11.7. The Labute approximate surface area is 150 Å². The summed E-state index contributed by atoms with van der Waals surface area (Å²) in [4.78, 5) is 37.2. The van der Waals surface area contributed by atoms with Crippen molar-refractivity contribution in [1.82, 2.24) is 4.90 Å². The van der Waals surface area contributed by atoms with Gasteiger partial charge in [0.15, 0.2) is 5.75 Å². The van der Waals surface area contributed by atoms with Crippen LogP contribution in [0.15, 0.2) is 21.7 Å². The highest BCUT2D eigenvalue weighted by molar-refractivity contribution is 5.99. The summed E-state index contributed by atoms with van der Waals surface area (Å²) >= 11 is 0. The van der Waals surface area contributed by atoms with Crippen LogP contribution < -0.4 is 21.5 Å². The molecule has 2 rings (SSSR count). The van der Waals surface area contributed by atoms with Crippen molar-refractivity contribution >= 4 is 23.0 Å². The van der Waals surface area contributed by atoms with Gasteiger partial charge in [0.25, 0.3) is 16.8 Å². The zero-order chi connectivity index (χ0) is 19.6. The Bertz CT molecular complexity index is 965. The van der Waals surface area contributed by atoms with Gasteiger partial charge in [-0.3, -0.25) is 14.4 Å². The minimum Gasteiger partial charge on any atom is -0.505 e. The molecule has 0 radical (unpaired) electrons. The summed E-state index contributed by atoms with van der Waals surface area (Å²) in [6, 6.07) is 4.46. The molecule has 3 N–H and O–H groups in total. The van der Waals surface area contributed by atoms with Gasteiger partial charge in [0.1, 0.15) is 11.4 Å². The first-order chi connectivity index (χ1) is 12.2. The lowest BCUT2D eigenvalue weighted by atomic mass is 10.1. The summed E-state index contributed by atoms with van der Waals surface area (Å²) in [6.07, 6.45) is 0.745. The zero-order valence-electron chi connectivity index (χ0n) is 15.0. The van der Waals surface area contributed by atoms with E-state index in [2.05, 4.69) is 10.6 Å². The Kier molecular flexibility index (Phi) is 5.31. The second-order valence-electron chi connectivity index (χ2n) is 6.22. The number of anilines is 3. The van der Waals surface area contributed by atoms with E-state index in [9.17, 15) is 24.8 Å². The molecule has 0 saturated carbocycles. The molecule has 0 aliphatic carbocycles. The van der Waals surface area contributed by atoms with E-state index in [1.165, 1.54) is 31.1 Å². The summed E-state index contributed by atoms with van der Waals surface area (Å²) in [5, 5.41) is 25.2. The average molecular weight is 356 g/mol. The highest BCUT2D eigenvalue weighted by Gasteiger charge is 2.25. The molecule has 0 spiro atoms. The number of nitrogens with zero attached hydrogens (tertiary/aromatic N) is 2. The molecule has 8 nitrogen and oxygen atoms in total. The summed E-state index contributed by atoms with van der Waals surface area (Å²) in [5.74, 6) is -0.893. The van der Waals surface area contributed by atoms with Gasteiger partial charge >= 0.3 is 0 Å². The standard InChI is InChI=1S/C18H20N4O4/c1-5-9(2)20-13-14(17(25)16(13)24)21-12-7-10(8-19)6-11(15(12)23)18(26)22(3)4/h6-7,9,20-21,23H,5H2,1-4H3/t9-/m0/s1. The molecule has 0 unspecified atom stereocenters. The molecule has 0 bridgehead atoms. The number of carbonyl (C=O) groups excluding carboxylic acids is 1. The lowest BCUT2D eigenvalue weighted by molar-refractivity contribution is 0.0824. The predicted octanol–water partition coefficient (Wildman–Crippen LogP) is 1.52. The van der Waals surface area contributed by atoms with E-state index >= 15 is 0 Å². The van der Waals surface area contributed by atoms with Crippen LogP contribution in [-0.2, 0) is 0 Å². The largest absolute Gasteiger partial charge is 0.505 e. The lowest BCUT2D eigenvalue weighted by Gasteiger charge is -2.20. The van der Waals surface area contributed by atoms with Crippen molar-refractivity contribution in [2.45, 2.75) is 26.3 Å². The van der Waals surface area contributed by atoms with Crippen LogP contribution in [0.4, 0.5) is 17.1 Å². The van der Waals surface area contributed by atoms with Gasteiger partial charge in [-0.05, 0) is 25.5 Å². The Balaban J connectivity index is 2.49. The average Bonchev–Trinajstić information content (AvgIpc) is 2.64. The third-order valence-electron chi connectivity index (χ3n) is 4.05. The summed E-state index contributed by atoms with van der Waals surface area (Å²) < 4.78 is 0. The second kappa shape index (κ2) is 7.27. The summed E-state index contributed by atoms with van der Waals surface area (Å²) in [5.41, 5.74) is -1.17. The van der Waals surface area contributed by atoms with Crippen LogP contribution in [0.5, 0.6) is 5.75 Å². The molecule has 136 valence electrons. The molecule has 0 fully saturated rings. The fourth-order valence-corrected chi connectivity index (χ4v) is 2.33. The molecule has 0 aromatic heterocycles. The SMILES string of the molecule is CC[C@H](C)Nc1c(Nc2cc(C#N)cc(C(=O)N(C)C)c2O)c(=O)c1=O. The van der Waals surface area contributed by atoms with Crippen molar-refractivity contribution in [2.24, 2.45) is 0 Å². The Morgan fingerprint density at radius 1 is 1.27 bits per heavy atom. The predicted molar refractivity (Wildman–Crippen MR) is 98.9 cm³/mol. The molecule has 1 atom stereocenters. The van der Waals surface area contributed by atoms with Crippen LogP contribution in [0.25, 0.3) is 0 Å². The van der Waals surface area contributed by atoms with Crippen LogP contribution in [0.1, 0.15) is 36.2 Å². The fourth-order valence-electron chi connectivity index (χ4n) is 2.33. The molecule has 2 aromatic rings. The Morgan fingerprint density at radius 2 is 1.88 bits per heavy atom. The van der Waals surface area contributed by atoms with E-state index in [4.69, 9.17) is 0 Å². The van der Waals surface area contributed by atoms with Crippen LogP contribution in [0.3, 0.4) is 0 Å². The number of nitrogens with one attached hydrogen (secondary N) is 2. The maximum Gasteiger partial charge on any atom is 0.257 e. The van der Waals surface area contributed by atoms with Gasteiger partial charge in [0.2, 0.25) is 0 Å². The maximum absolute atomic E-state index is 12.2. The first-order valence-electron chi connectivity index (χ1n) is 8.06. The fraction of sp³-hybridized carbons (Fsp3) is 0.333. The van der Waals surface area contributed by atoms with Gasteiger partial charge < -0.3 is 20.6 Å². The summed E-state index contributed by atoms with van der Waals surface area (Å²) in [7, 11) is 3.03. The number of amides is 1. The molecule has 0 heterocycles. The quantitative estimate of drug-likeness (QED) is 0.530. The molecule has 0 aliphatic rings. The number of benzene rings is 1. The third-order valence-corrected chi connectivity index (χ3v) is 4.05. The first-order valence-corrected chi connectivity index (χ1v) is 8.06. The van der Waals surface area contributed by atoms with Crippen LogP contribution in [0.2, 0.25) is 0 Å². The number of carbonyl (C=O) groups is 1. The molecular formula is C18H20N4O4. The van der Waals surface area contributed by atoms with E-state index in [0.29, 0.717) is 0 Å². The molecule has 0 saturated heterocycles. The Hall–Kier alpha value is -3.34. The van der Waals surface area contributed by atoms with Crippen LogP contribution in [-0.4, -0.2) is 36.1 Å². The number of rotatable bonds is 6. The van der Waals surface area contributed by atoms with E-state index in [1.807, 2.05) is 19.9 Å². The Morgan fingerprint density at radius 3 is 2.42 bits per heavy atom. The van der Waals surface area contributed by atoms with Crippen molar-refractivity contribution in [3.63, 3.8) is 0 Å². The van der Waals surface area contributed by atoms with Gasteiger partial charge in [-0.25, -0.2) is 0 Å². The highest BCUT2D eigenvalue weighted by atomic mass is 16.3. The van der Waals surface area contributed by atoms with E-state index < -0.39 is 22.5 Å². The highest BCUT2D eigenvalue weighted by Crippen LogP contribution is 2.33. The zero-order valence-corrected chi connectivity index (χ0v) is 15.0. The van der Waals surface area contributed by atoms with Crippen molar-refractivity contribution in [1.29, 1.82) is 5.26 Å². The van der Waals surface area contributed by atoms with Gasteiger partial charge in [-0.15, -0.1) is 0 Å². The van der Waals surface area contributed by atoms with Crippen LogP contribution >= 0.6 is 0 Å². The van der Waals surface area contributed by atoms with Crippen molar-refractivity contribution in [3.05, 3.63) is 43.7 Å². The third kappa shape index (κ3) is 3.37. The van der Waals surface area contributed by atoms with Gasteiger partial charge in [-0.1, -0.05) is 6.92 Å². The van der Waals surface area contributed by atoms with Gasteiger partial charge in [-0.2, -0.15) is 5.26 Å².